The molecule has 0 aliphatic heterocycles. The summed E-state index contributed by atoms with van der Waals surface area (Å²) in [5.74, 6) is 1.88. The SMILES string of the molecule is c1ccc(-c2nc(-c3ccc(-c4ccc5c(c4)oc4ccccc45)cc3)nc(-c3cccc4cccc(-c5cccc6ccc7ccccc7c56)c34)n2)cc1. The molecular weight excluding hydrogens is 671 g/mol. The molecule has 0 amide bonds. The summed E-state index contributed by atoms with van der Waals surface area (Å²) in [6.45, 7) is 0. The van der Waals surface area contributed by atoms with Crippen molar-refractivity contribution in [2.24, 2.45) is 0 Å². The maximum absolute atomic E-state index is 6.20. The Morgan fingerprint density at radius 1 is 0.291 bits per heavy atom. The molecule has 256 valence electrons. The lowest BCUT2D eigenvalue weighted by Gasteiger charge is -2.16. The zero-order chi connectivity index (χ0) is 36.3. The molecule has 0 saturated carbocycles. The summed E-state index contributed by atoms with van der Waals surface area (Å²) in [6.07, 6.45) is 0. The highest BCUT2D eigenvalue weighted by Gasteiger charge is 2.18. The molecule has 4 heteroatoms. The number of hydrogen-bond acceptors (Lipinski definition) is 4. The quantitative estimate of drug-likeness (QED) is 0.168. The smallest absolute Gasteiger partial charge is 0.164 e. The highest BCUT2D eigenvalue weighted by Crippen LogP contribution is 2.41. The molecule has 55 heavy (non-hydrogen) atoms. The summed E-state index contributed by atoms with van der Waals surface area (Å²) in [5, 5.41) is 9.39. The van der Waals surface area contributed by atoms with Crippen molar-refractivity contribution < 1.29 is 4.42 Å². The van der Waals surface area contributed by atoms with Gasteiger partial charge in [-0.25, -0.2) is 15.0 Å². The van der Waals surface area contributed by atoms with Crippen LogP contribution in [-0.2, 0) is 0 Å². The van der Waals surface area contributed by atoms with E-state index in [2.05, 4.69) is 152 Å². The van der Waals surface area contributed by atoms with Gasteiger partial charge in [-0.1, -0.05) is 170 Å². The molecule has 0 fully saturated rings. The highest BCUT2D eigenvalue weighted by atomic mass is 16.3. The molecule has 9 aromatic carbocycles. The Bertz CT molecular complexity index is 3250. The van der Waals surface area contributed by atoms with Crippen LogP contribution in [0.25, 0.3) is 111 Å². The Balaban J connectivity index is 1.08. The fourth-order valence-electron chi connectivity index (χ4n) is 8.09. The van der Waals surface area contributed by atoms with Crippen molar-refractivity contribution in [1.82, 2.24) is 15.0 Å². The van der Waals surface area contributed by atoms with Gasteiger partial charge in [-0.15, -0.1) is 0 Å². The summed E-state index contributed by atoms with van der Waals surface area (Å²) in [5.41, 5.74) is 9.08. The number of nitrogens with zero attached hydrogens (tertiary/aromatic N) is 3. The monoisotopic (exact) mass is 701 g/mol. The van der Waals surface area contributed by atoms with Crippen LogP contribution in [-0.4, -0.2) is 15.0 Å². The summed E-state index contributed by atoms with van der Waals surface area (Å²) in [7, 11) is 0. The molecule has 11 rings (SSSR count). The number of benzene rings is 9. The summed E-state index contributed by atoms with van der Waals surface area (Å²) in [4.78, 5) is 15.5. The van der Waals surface area contributed by atoms with Gasteiger partial charge in [-0.3, -0.25) is 0 Å². The maximum Gasteiger partial charge on any atom is 0.164 e. The van der Waals surface area contributed by atoms with Gasteiger partial charge in [0.15, 0.2) is 17.5 Å². The van der Waals surface area contributed by atoms with E-state index in [4.69, 9.17) is 19.4 Å². The predicted molar refractivity (Wildman–Crippen MR) is 227 cm³/mol. The Kier molecular flexibility index (Phi) is 7.14. The van der Waals surface area contributed by atoms with Gasteiger partial charge in [0, 0.05) is 32.8 Å². The van der Waals surface area contributed by atoms with Crippen LogP contribution in [0.3, 0.4) is 0 Å². The number of rotatable bonds is 5. The predicted octanol–water partition coefficient (Wildman–Crippen LogP) is 13.6. The minimum Gasteiger partial charge on any atom is -0.456 e. The Morgan fingerprint density at radius 3 is 1.60 bits per heavy atom. The standard InChI is InChI=1S/C51H31N3O/c1-2-12-36(13-3-1)49-52-50(37-27-23-32(24-28-37)38-29-30-41-40-18-6-7-22-45(40)55-46(41)31-38)54-51(53-49)44-21-10-15-34-14-8-20-43(48(34)44)42-19-9-16-35-26-25-33-11-4-5-17-39(33)47(35)42/h1-31H. The molecule has 0 aliphatic carbocycles. The number of para-hydroxylation sites is 1. The molecule has 11 aromatic rings. The first-order valence-electron chi connectivity index (χ1n) is 18.5. The largest absolute Gasteiger partial charge is 0.456 e. The molecule has 4 nitrogen and oxygen atoms in total. The normalized spacial score (nSPS) is 11.6. The molecule has 0 unspecified atom stereocenters. The van der Waals surface area contributed by atoms with Crippen LogP contribution in [0, 0.1) is 0 Å². The lowest BCUT2D eigenvalue weighted by molar-refractivity contribution is 0.669. The van der Waals surface area contributed by atoms with Crippen LogP contribution < -0.4 is 0 Å². The first-order valence-corrected chi connectivity index (χ1v) is 18.5. The Morgan fingerprint density at radius 2 is 0.818 bits per heavy atom. The fourth-order valence-corrected chi connectivity index (χ4v) is 8.09. The van der Waals surface area contributed by atoms with Gasteiger partial charge in [0.25, 0.3) is 0 Å². The van der Waals surface area contributed by atoms with Crippen molar-refractivity contribution in [1.29, 1.82) is 0 Å². The molecule has 0 N–H and O–H groups in total. The van der Waals surface area contributed by atoms with Crippen LogP contribution in [0.5, 0.6) is 0 Å². The lowest BCUT2D eigenvalue weighted by Crippen LogP contribution is -2.01. The Hall–Kier alpha value is -7.43. The average molecular weight is 702 g/mol. The van der Waals surface area contributed by atoms with Gasteiger partial charge in [0.05, 0.1) is 0 Å². The number of fused-ring (bicyclic) bond motifs is 7. The van der Waals surface area contributed by atoms with E-state index in [1.54, 1.807) is 0 Å². The van der Waals surface area contributed by atoms with Gasteiger partial charge in [0.1, 0.15) is 11.2 Å². The van der Waals surface area contributed by atoms with Crippen molar-refractivity contribution in [2.45, 2.75) is 0 Å². The van der Waals surface area contributed by atoms with E-state index >= 15 is 0 Å². The molecule has 0 saturated heterocycles. The van der Waals surface area contributed by atoms with E-state index < -0.39 is 0 Å². The van der Waals surface area contributed by atoms with Gasteiger partial charge < -0.3 is 4.42 Å². The molecule has 2 heterocycles. The first kappa shape index (κ1) is 31.1. The van der Waals surface area contributed by atoms with E-state index in [9.17, 15) is 0 Å². The van der Waals surface area contributed by atoms with E-state index in [1.807, 2.05) is 36.4 Å². The summed E-state index contributed by atoms with van der Waals surface area (Å²) >= 11 is 0. The number of aromatic nitrogens is 3. The van der Waals surface area contributed by atoms with Crippen LogP contribution in [0.1, 0.15) is 0 Å². The highest BCUT2D eigenvalue weighted by molar-refractivity contribution is 6.18. The van der Waals surface area contributed by atoms with Gasteiger partial charge in [0.2, 0.25) is 0 Å². The van der Waals surface area contributed by atoms with Crippen molar-refractivity contribution in [3.8, 4) is 56.4 Å². The summed E-state index contributed by atoms with van der Waals surface area (Å²) < 4.78 is 6.20. The van der Waals surface area contributed by atoms with Crippen molar-refractivity contribution in [3.63, 3.8) is 0 Å². The fraction of sp³-hybridized carbons (Fsp3) is 0. The maximum atomic E-state index is 6.20. The minimum absolute atomic E-state index is 0.619. The average Bonchev–Trinajstić information content (AvgIpc) is 3.64. The first-order chi connectivity index (χ1) is 27.2. The van der Waals surface area contributed by atoms with Gasteiger partial charge in [-0.2, -0.15) is 0 Å². The van der Waals surface area contributed by atoms with Crippen LogP contribution >= 0.6 is 0 Å². The summed E-state index contributed by atoms with van der Waals surface area (Å²) in [6, 6.07) is 65.8. The number of hydrogen-bond donors (Lipinski definition) is 0. The van der Waals surface area contributed by atoms with Crippen molar-refractivity contribution >= 4 is 54.3 Å². The molecule has 0 aliphatic rings. The third kappa shape index (κ3) is 5.26. The third-order valence-electron chi connectivity index (χ3n) is 10.7. The second-order valence-corrected chi connectivity index (χ2v) is 14.0. The van der Waals surface area contributed by atoms with Gasteiger partial charge >= 0.3 is 0 Å². The van der Waals surface area contributed by atoms with E-state index in [0.29, 0.717) is 17.5 Å². The second-order valence-electron chi connectivity index (χ2n) is 14.0. The van der Waals surface area contributed by atoms with E-state index in [-0.39, 0.29) is 0 Å². The molecular formula is C51H31N3O. The minimum atomic E-state index is 0.619. The van der Waals surface area contributed by atoms with Crippen molar-refractivity contribution in [2.75, 3.05) is 0 Å². The van der Waals surface area contributed by atoms with Crippen molar-refractivity contribution in [3.05, 3.63) is 188 Å². The number of furan rings is 1. The zero-order valence-corrected chi connectivity index (χ0v) is 29.6. The van der Waals surface area contributed by atoms with Crippen LogP contribution in [0.2, 0.25) is 0 Å². The lowest BCUT2D eigenvalue weighted by atomic mass is 9.89. The molecule has 0 atom stereocenters. The zero-order valence-electron chi connectivity index (χ0n) is 29.6. The Labute approximate surface area is 317 Å². The molecule has 0 radical (unpaired) electrons. The molecule has 2 aromatic heterocycles. The third-order valence-corrected chi connectivity index (χ3v) is 10.7. The van der Waals surface area contributed by atoms with E-state index in [1.165, 1.54) is 27.1 Å². The molecule has 0 spiro atoms. The van der Waals surface area contributed by atoms with Crippen LogP contribution in [0.15, 0.2) is 192 Å². The van der Waals surface area contributed by atoms with Gasteiger partial charge in [-0.05, 0) is 67.4 Å². The second kappa shape index (κ2) is 12.6. The van der Waals surface area contributed by atoms with E-state index in [0.717, 1.165) is 66.1 Å². The molecule has 0 bridgehead atoms. The topological polar surface area (TPSA) is 51.8 Å². The van der Waals surface area contributed by atoms with Crippen LogP contribution in [0.4, 0.5) is 0 Å².